The first-order valence-corrected chi connectivity index (χ1v) is 12.9. The Labute approximate surface area is 194 Å². The van der Waals surface area contributed by atoms with Crippen molar-refractivity contribution in [2.45, 2.75) is 77.8 Å². The Kier molecular flexibility index (Phi) is 7.88. The third-order valence-corrected chi connectivity index (χ3v) is 7.58. The molecule has 1 aromatic carbocycles. The minimum atomic E-state index is -0.360. The highest BCUT2D eigenvalue weighted by molar-refractivity contribution is 5.88. The lowest BCUT2D eigenvalue weighted by atomic mass is 9.89. The van der Waals surface area contributed by atoms with Crippen molar-refractivity contribution in [1.29, 1.82) is 0 Å². The highest BCUT2D eigenvalue weighted by Crippen LogP contribution is 2.27. The summed E-state index contributed by atoms with van der Waals surface area (Å²) in [6.07, 6.45) is 9.07. The molecule has 1 aliphatic carbocycles. The summed E-state index contributed by atoms with van der Waals surface area (Å²) in [5.74, 6) is 1.39. The lowest BCUT2D eigenvalue weighted by Crippen LogP contribution is -2.54. The molecule has 4 rings (SSSR count). The van der Waals surface area contributed by atoms with Gasteiger partial charge in [0.25, 0.3) is 0 Å². The van der Waals surface area contributed by atoms with Gasteiger partial charge in [0, 0.05) is 45.6 Å². The molecule has 1 saturated carbocycles. The van der Waals surface area contributed by atoms with Crippen LogP contribution < -0.4 is 0 Å². The normalized spacial score (nSPS) is 23.2. The van der Waals surface area contributed by atoms with E-state index in [2.05, 4.69) is 35.8 Å². The van der Waals surface area contributed by atoms with Crippen LogP contribution in [0.5, 0.6) is 0 Å². The molecule has 0 N–H and O–H groups in total. The van der Waals surface area contributed by atoms with E-state index in [1.54, 1.807) is 0 Å². The van der Waals surface area contributed by atoms with Gasteiger partial charge in [-0.1, -0.05) is 57.4 Å². The fraction of sp³-hybridized carbons (Fsp3) is 0.704. The Bertz CT molecular complexity index is 787. The average Bonchev–Trinajstić information content (AvgIpc) is 3.03. The van der Waals surface area contributed by atoms with Crippen LogP contribution in [-0.2, 0) is 22.6 Å². The summed E-state index contributed by atoms with van der Waals surface area (Å²) < 4.78 is 0. The van der Waals surface area contributed by atoms with Crippen LogP contribution in [0.15, 0.2) is 24.3 Å². The number of amides is 2. The molecule has 1 unspecified atom stereocenters. The smallest absolute Gasteiger partial charge is 0.245 e. The molecule has 1 atom stereocenters. The summed E-state index contributed by atoms with van der Waals surface area (Å²) in [7, 11) is 0. The van der Waals surface area contributed by atoms with Gasteiger partial charge < -0.3 is 14.7 Å². The van der Waals surface area contributed by atoms with Crippen LogP contribution in [0.3, 0.4) is 0 Å². The summed E-state index contributed by atoms with van der Waals surface area (Å²) >= 11 is 0. The van der Waals surface area contributed by atoms with Crippen LogP contribution in [0.1, 0.15) is 69.9 Å². The molecule has 5 nitrogen and oxygen atoms in total. The molecule has 176 valence electrons. The maximum atomic E-state index is 13.7. The highest BCUT2D eigenvalue weighted by Gasteiger charge is 2.37. The number of fused-ring (bicyclic) bond motifs is 1. The number of carbonyl (C=O) groups is 2. The van der Waals surface area contributed by atoms with Gasteiger partial charge in [0.05, 0.1) is 0 Å². The molecule has 0 radical (unpaired) electrons. The van der Waals surface area contributed by atoms with E-state index in [4.69, 9.17) is 0 Å². The summed E-state index contributed by atoms with van der Waals surface area (Å²) in [4.78, 5) is 33.3. The second-order valence-electron chi connectivity index (χ2n) is 10.6. The monoisotopic (exact) mass is 439 g/mol. The van der Waals surface area contributed by atoms with Crippen molar-refractivity contribution in [3.63, 3.8) is 0 Å². The van der Waals surface area contributed by atoms with Gasteiger partial charge in [-0.2, -0.15) is 0 Å². The van der Waals surface area contributed by atoms with Gasteiger partial charge in [-0.15, -0.1) is 0 Å². The Balaban J connectivity index is 1.43. The molecule has 1 saturated heterocycles. The number of nitrogens with zero attached hydrogens (tertiary/aromatic N) is 3. The van der Waals surface area contributed by atoms with Crippen molar-refractivity contribution in [3.05, 3.63) is 35.4 Å². The Hall–Kier alpha value is -1.88. The molecule has 2 aliphatic heterocycles. The average molecular weight is 440 g/mol. The third-order valence-electron chi connectivity index (χ3n) is 7.58. The third kappa shape index (κ3) is 5.72. The van der Waals surface area contributed by atoms with Crippen LogP contribution >= 0.6 is 0 Å². The van der Waals surface area contributed by atoms with Gasteiger partial charge in [-0.3, -0.25) is 9.59 Å². The van der Waals surface area contributed by atoms with Crippen LogP contribution in [-0.4, -0.2) is 65.3 Å². The fourth-order valence-electron chi connectivity index (χ4n) is 5.79. The Morgan fingerprint density at radius 1 is 0.938 bits per heavy atom. The maximum absolute atomic E-state index is 13.7. The van der Waals surface area contributed by atoms with Crippen molar-refractivity contribution in [2.24, 2.45) is 11.8 Å². The largest absolute Gasteiger partial charge is 0.340 e. The Morgan fingerprint density at radius 3 is 2.44 bits per heavy atom. The molecule has 2 heterocycles. The van der Waals surface area contributed by atoms with E-state index in [1.165, 1.54) is 49.8 Å². The van der Waals surface area contributed by atoms with Gasteiger partial charge in [0.1, 0.15) is 6.04 Å². The van der Waals surface area contributed by atoms with Gasteiger partial charge >= 0.3 is 0 Å². The first kappa shape index (κ1) is 23.3. The maximum Gasteiger partial charge on any atom is 0.245 e. The first-order valence-electron chi connectivity index (χ1n) is 12.9. The lowest BCUT2D eigenvalue weighted by molar-refractivity contribution is -0.147. The number of carbonyl (C=O) groups excluding carboxylic acids is 2. The predicted molar refractivity (Wildman–Crippen MR) is 128 cm³/mol. The second kappa shape index (κ2) is 10.8. The van der Waals surface area contributed by atoms with E-state index < -0.39 is 0 Å². The molecule has 32 heavy (non-hydrogen) atoms. The van der Waals surface area contributed by atoms with Crippen LogP contribution in [0.2, 0.25) is 0 Å². The number of hydrogen-bond donors (Lipinski definition) is 0. The second-order valence-corrected chi connectivity index (χ2v) is 10.6. The topological polar surface area (TPSA) is 43.9 Å². The molecule has 0 aromatic heterocycles. The summed E-state index contributed by atoms with van der Waals surface area (Å²) in [6, 6.07) is 7.93. The van der Waals surface area contributed by atoms with Gasteiger partial charge in [0.2, 0.25) is 11.8 Å². The van der Waals surface area contributed by atoms with E-state index in [0.717, 1.165) is 38.5 Å². The Morgan fingerprint density at radius 2 is 1.69 bits per heavy atom. The van der Waals surface area contributed by atoms with Crippen molar-refractivity contribution in [3.8, 4) is 0 Å². The zero-order valence-corrected chi connectivity index (χ0v) is 20.1. The quantitative estimate of drug-likeness (QED) is 0.694. The molecule has 5 heteroatoms. The van der Waals surface area contributed by atoms with Crippen LogP contribution in [0.4, 0.5) is 0 Å². The van der Waals surface area contributed by atoms with E-state index >= 15 is 0 Å². The number of hydrogen-bond acceptors (Lipinski definition) is 3. The van der Waals surface area contributed by atoms with Gasteiger partial charge in [0.15, 0.2) is 0 Å². The van der Waals surface area contributed by atoms with Gasteiger partial charge in [-0.25, -0.2) is 0 Å². The number of rotatable bonds is 5. The molecule has 3 aliphatic rings. The van der Waals surface area contributed by atoms with Crippen LogP contribution in [0, 0.1) is 11.8 Å². The van der Waals surface area contributed by atoms with Crippen molar-refractivity contribution in [1.82, 2.24) is 14.7 Å². The van der Waals surface area contributed by atoms with E-state index in [-0.39, 0.29) is 17.9 Å². The zero-order chi connectivity index (χ0) is 22.5. The van der Waals surface area contributed by atoms with Crippen molar-refractivity contribution >= 4 is 11.8 Å². The van der Waals surface area contributed by atoms with Crippen LogP contribution in [0.25, 0.3) is 0 Å². The minimum absolute atomic E-state index is 0.113. The van der Waals surface area contributed by atoms with Crippen molar-refractivity contribution in [2.75, 3.05) is 32.7 Å². The minimum Gasteiger partial charge on any atom is -0.340 e. The SMILES string of the molecule is CC(C)CC(=O)N1Cc2ccccc2CC1C(=O)N1CCCN(CC2CCCCC2)CC1. The molecule has 1 aromatic rings. The zero-order valence-electron chi connectivity index (χ0n) is 20.1. The molecule has 2 amide bonds. The summed E-state index contributed by atoms with van der Waals surface area (Å²) in [6.45, 7) is 9.54. The van der Waals surface area contributed by atoms with E-state index in [9.17, 15) is 9.59 Å². The fourth-order valence-corrected chi connectivity index (χ4v) is 5.79. The predicted octanol–water partition coefficient (Wildman–Crippen LogP) is 4.10. The highest BCUT2D eigenvalue weighted by atomic mass is 16.2. The molecule has 2 fully saturated rings. The van der Waals surface area contributed by atoms with E-state index in [0.29, 0.717) is 25.3 Å². The van der Waals surface area contributed by atoms with Gasteiger partial charge in [-0.05, 0) is 48.8 Å². The standard InChI is InChI=1S/C27H41N3O2/c1-21(2)17-26(31)30-20-24-12-7-6-11-23(24)18-25(30)27(32)29-14-8-13-28(15-16-29)19-22-9-4-3-5-10-22/h6-7,11-12,21-22,25H,3-5,8-10,13-20H2,1-2H3. The number of benzene rings is 1. The summed E-state index contributed by atoms with van der Waals surface area (Å²) in [5.41, 5.74) is 2.40. The molecular weight excluding hydrogens is 398 g/mol. The molecule has 0 spiro atoms. The summed E-state index contributed by atoms with van der Waals surface area (Å²) in [5, 5.41) is 0. The molecule has 0 bridgehead atoms. The lowest BCUT2D eigenvalue weighted by Gasteiger charge is -2.39. The van der Waals surface area contributed by atoms with Crippen molar-refractivity contribution < 1.29 is 9.59 Å². The first-order chi connectivity index (χ1) is 15.5. The molecular formula is C27H41N3O2. The van der Waals surface area contributed by atoms with E-state index in [1.807, 2.05) is 17.0 Å².